The average Bonchev–Trinajstić information content (AvgIpc) is 3.14. The summed E-state index contributed by atoms with van der Waals surface area (Å²) in [5.74, 6) is -0.131. The lowest BCUT2D eigenvalue weighted by molar-refractivity contribution is -0.160. The standard InChI is InChI=1S/C27H29NO5S/c1-16-22(24(26(29)30)33-27(2,3)4)23(20-11-12-21-19(14-20)6-5-13-32-21)25(34-16)18-9-7-17(8-10-18)15-28-31/h7-12,14,24H,5-6,13,15H2,1-4H3,(H,29,30). The molecule has 0 spiro atoms. The van der Waals surface area contributed by atoms with Crippen molar-refractivity contribution in [2.24, 2.45) is 5.18 Å². The number of aryl methyl sites for hydroxylation is 2. The molecule has 4 rings (SSSR count). The minimum atomic E-state index is -1.11. The summed E-state index contributed by atoms with van der Waals surface area (Å²) in [6, 6.07) is 13.8. The zero-order valence-corrected chi connectivity index (χ0v) is 20.7. The van der Waals surface area contributed by atoms with E-state index in [0.29, 0.717) is 12.2 Å². The number of ether oxygens (including phenoxy) is 2. The maximum atomic E-state index is 12.4. The van der Waals surface area contributed by atoms with E-state index in [9.17, 15) is 14.8 Å². The Morgan fingerprint density at radius 3 is 2.53 bits per heavy atom. The Morgan fingerprint density at radius 2 is 1.88 bits per heavy atom. The molecule has 0 bridgehead atoms. The van der Waals surface area contributed by atoms with Gasteiger partial charge in [0.25, 0.3) is 0 Å². The highest BCUT2D eigenvalue weighted by Gasteiger charge is 2.33. The predicted molar refractivity (Wildman–Crippen MR) is 134 cm³/mol. The molecule has 0 radical (unpaired) electrons. The van der Waals surface area contributed by atoms with Gasteiger partial charge in [-0.05, 0) is 74.9 Å². The van der Waals surface area contributed by atoms with Crippen molar-refractivity contribution in [2.45, 2.75) is 58.8 Å². The third kappa shape index (κ3) is 5.05. The van der Waals surface area contributed by atoms with Gasteiger partial charge in [0.05, 0.1) is 12.2 Å². The molecule has 34 heavy (non-hydrogen) atoms. The molecular weight excluding hydrogens is 450 g/mol. The van der Waals surface area contributed by atoms with Crippen LogP contribution in [-0.4, -0.2) is 23.3 Å². The number of hydrogen-bond acceptors (Lipinski definition) is 6. The van der Waals surface area contributed by atoms with Crippen LogP contribution in [0.15, 0.2) is 47.6 Å². The second-order valence-electron chi connectivity index (χ2n) is 9.48. The molecule has 178 valence electrons. The molecule has 1 aromatic heterocycles. The number of aliphatic carboxylic acids is 1. The average molecular weight is 480 g/mol. The predicted octanol–water partition coefficient (Wildman–Crippen LogP) is 6.92. The topological polar surface area (TPSA) is 85.2 Å². The Labute approximate surface area is 203 Å². The smallest absolute Gasteiger partial charge is 0.337 e. The fourth-order valence-corrected chi connectivity index (χ4v) is 5.51. The van der Waals surface area contributed by atoms with Crippen LogP contribution >= 0.6 is 11.3 Å². The van der Waals surface area contributed by atoms with Gasteiger partial charge < -0.3 is 14.6 Å². The van der Waals surface area contributed by atoms with E-state index in [2.05, 4.69) is 11.2 Å². The molecule has 1 aliphatic heterocycles. The van der Waals surface area contributed by atoms with Crippen LogP contribution in [0.4, 0.5) is 0 Å². The van der Waals surface area contributed by atoms with E-state index >= 15 is 0 Å². The maximum absolute atomic E-state index is 12.4. The second-order valence-corrected chi connectivity index (χ2v) is 10.7. The zero-order valence-electron chi connectivity index (χ0n) is 19.9. The highest BCUT2D eigenvalue weighted by Crippen LogP contribution is 2.48. The molecule has 2 aromatic carbocycles. The van der Waals surface area contributed by atoms with Gasteiger partial charge in [0.15, 0.2) is 6.10 Å². The highest BCUT2D eigenvalue weighted by atomic mass is 32.1. The van der Waals surface area contributed by atoms with Crippen LogP contribution in [-0.2, 0) is 22.5 Å². The summed E-state index contributed by atoms with van der Waals surface area (Å²) < 4.78 is 11.9. The van der Waals surface area contributed by atoms with Crippen LogP contribution in [0, 0.1) is 11.8 Å². The lowest BCUT2D eigenvalue weighted by Gasteiger charge is -2.26. The molecule has 0 fully saturated rings. The van der Waals surface area contributed by atoms with Crippen molar-refractivity contribution in [1.82, 2.24) is 0 Å². The lowest BCUT2D eigenvalue weighted by atomic mass is 9.91. The number of nitroso groups, excluding NO2 is 1. The van der Waals surface area contributed by atoms with Gasteiger partial charge in [0.1, 0.15) is 12.3 Å². The number of benzene rings is 2. The molecule has 0 amide bonds. The Hall–Kier alpha value is -3.03. The van der Waals surface area contributed by atoms with Gasteiger partial charge in [0.2, 0.25) is 0 Å². The fraction of sp³-hybridized carbons (Fsp3) is 0.370. The summed E-state index contributed by atoms with van der Waals surface area (Å²) in [5.41, 5.74) is 4.77. The van der Waals surface area contributed by atoms with E-state index < -0.39 is 17.7 Å². The van der Waals surface area contributed by atoms with Crippen molar-refractivity contribution in [1.29, 1.82) is 0 Å². The minimum Gasteiger partial charge on any atom is -0.493 e. The number of fused-ring (bicyclic) bond motifs is 1. The van der Waals surface area contributed by atoms with E-state index in [1.54, 1.807) is 11.3 Å². The number of carboxylic acids is 1. The second kappa shape index (κ2) is 9.68. The first-order valence-electron chi connectivity index (χ1n) is 11.4. The molecule has 1 unspecified atom stereocenters. The van der Waals surface area contributed by atoms with E-state index in [-0.39, 0.29) is 6.54 Å². The first kappa shape index (κ1) is 24.1. The summed E-state index contributed by atoms with van der Waals surface area (Å²) >= 11 is 1.56. The SMILES string of the molecule is Cc1sc(-c2ccc(CN=O)cc2)c(-c2ccc3c(c2)CCCO3)c1C(OC(C)(C)C)C(=O)O. The molecule has 7 heteroatoms. The van der Waals surface area contributed by atoms with Gasteiger partial charge in [-0.1, -0.05) is 35.5 Å². The van der Waals surface area contributed by atoms with Gasteiger partial charge in [-0.3, -0.25) is 0 Å². The molecule has 0 saturated carbocycles. The van der Waals surface area contributed by atoms with Crippen molar-refractivity contribution in [3.63, 3.8) is 0 Å². The largest absolute Gasteiger partial charge is 0.493 e. The molecular formula is C27H29NO5S. The quantitative estimate of drug-likeness (QED) is 0.372. The molecule has 1 aliphatic rings. The number of hydrogen-bond donors (Lipinski definition) is 1. The van der Waals surface area contributed by atoms with E-state index in [1.807, 2.05) is 64.1 Å². The first-order valence-corrected chi connectivity index (χ1v) is 12.2. The third-order valence-corrected chi connectivity index (χ3v) is 6.92. The van der Waals surface area contributed by atoms with Crippen molar-refractivity contribution < 1.29 is 19.4 Å². The van der Waals surface area contributed by atoms with Gasteiger partial charge >= 0.3 is 5.97 Å². The normalized spacial score (nSPS) is 14.2. The van der Waals surface area contributed by atoms with Gasteiger partial charge in [-0.25, -0.2) is 4.79 Å². The molecule has 1 N–H and O–H groups in total. The van der Waals surface area contributed by atoms with E-state index in [4.69, 9.17) is 9.47 Å². The summed E-state index contributed by atoms with van der Waals surface area (Å²) in [5, 5.41) is 13.1. The maximum Gasteiger partial charge on any atom is 0.337 e. The van der Waals surface area contributed by atoms with Crippen molar-refractivity contribution >= 4 is 17.3 Å². The Morgan fingerprint density at radius 1 is 1.18 bits per heavy atom. The summed E-state index contributed by atoms with van der Waals surface area (Å²) in [6.07, 6.45) is 0.770. The van der Waals surface area contributed by atoms with Crippen molar-refractivity contribution in [3.05, 3.63) is 68.9 Å². The highest BCUT2D eigenvalue weighted by molar-refractivity contribution is 7.16. The van der Waals surface area contributed by atoms with Crippen LogP contribution < -0.4 is 4.74 Å². The minimum absolute atomic E-state index is 0.118. The van der Waals surface area contributed by atoms with Crippen LogP contribution in [0.25, 0.3) is 21.6 Å². The third-order valence-electron chi connectivity index (χ3n) is 5.75. The van der Waals surface area contributed by atoms with Crippen molar-refractivity contribution in [3.8, 4) is 27.3 Å². The Bertz CT molecular complexity index is 1210. The van der Waals surface area contributed by atoms with E-state index in [0.717, 1.165) is 56.2 Å². The van der Waals surface area contributed by atoms with E-state index in [1.165, 1.54) is 0 Å². The fourth-order valence-electron chi connectivity index (χ4n) is 4.30. The molecule has 2 heterocycles. The number of carbonyl (C=O) groups is 1. The molecule has 3 aromatic rings. The Kier molecular flexibility index (Phi) is 6.86. The van der Waals surface area contributed by atoms with Crippen molar-refractivity contribution in [2.75, 3.05) is 6.61 Å². The molecule has 0 aliphatic carbocycles. The number of nitrogens with zero attached hydrogens (tertiary/aromatic N) is 1. The van der Waals surface area contributed by atoms with Crippen LogP contribution in [0.3, 0.4) is 0 Å². The molecule has 0 saturated heterocycles. The van der Waals surface area contributed by atoms with Crippen LogP contribution in [0.5, 0.6) is 5.75 Å². The summed E-state index contributed by atoms with van der Waals surface area (Å²) in [6.45, 7) is 8.36. The van der Waals surface area contributed by atoms with Gasteiger partial charge in [-0.2, -0.15) is 4.91 Å². The number of thiophene rings is 1. The van der Waals surface area contributed by atoms with Crippen LogP contribution in [0.1, 0.15) is 54.9 Å². The van der Waals surface area contributed by atoms with Gasteiger partial charge in [0, 0.05) is 20.9 Å². The number of rotatable bonds is 7. The number of carboxylic acid groups (broad SMARTS) is 1. The molecule has 6 nitrogen and oxygen atoms in total. The molecule has 1 atom stereocenters. The van der Waals surface area contributed by atoms with Crippen LogP contribution in [0.2, 0.25) is 0 Å². The monoisotopic (exact) mass is 479 g/mol. The first-order chi connectivity index (χ1) is 16.2. The summed E-state index contributed by atoms with van der Waals surface area (Å²) in [7, 11) is 0. The summed E-state index contributed by atoms with van der Waals surface area (Å²) in [4.78, 5) is 25.0. The zero-order chi connectivity index (χ0) is 24.5. The Balaban J connectivity index is 1.93. The van der Waals surface area contributed by atoms with Gasteiger partial charge in [-0.15, -0.1) is 11.3 Å². The lowest BCUT2D eigenvalue weighted by Crippen LogP contribution is -2.27.